The number of carbonyl (C=O) groups is 2. The maximum atomic E-state index is 13.9. The van der Waals surface area contributed by atoms with Crippen LogP contribution in [0.3, 0.4) is 0 Å². The summed E-state index contributed by atoms with van der Waals surface area (Å²) in [7, 11) is -4.08. The highest BCUT2D eigenvalue weighted by atomic mass is 79.9. The van der Waals surface area contributed by atoms with Gasteiger partial charge in [0.25, 0.3) is 5.91 Å². The molecule has 0 aliphatic carbocycles. The van der Waals surface area contributed by atoms with E-state index >= 15 is 0 Å². The van der Waals surface area contributed by atoms with Crippen LogP contribution in [-0.4, -0.2) is 43.7 Å². The van der Waals surface area contributed by atoms with Gasteiger partial charge in [0, 0.05) is 22.6 Å². The van der Waals surface area contributed by atoms with Crippen molar-refractivity contribution in [2.75, 3.05) is 18.0 Å². The third-order valence-electron chi connectivity index (χ3n) is 6.71. The van der Waals surface area contributed by atoms with Crippen molar-refractivity contribution in [3.8, 4) is 5.75 Å². The maximum absolute atomic E-state index is 13.9. The molecule has 1 aliphatic heterocycles. The molecular weight excluding hydrogens is 642 g/mol. The molecule has 42 heavy (non-hydrogen) atoms. The first-order valence-corrected chi connectivity index (χ1v) is 15.7. The predicted octanol–water partition coefficient (Wildman–Crippen LogP) is 5.40. The number of sulfonamides is 1. The summed E-state index contributed by atoms with van der Waals surface area (Å²) in [5.74, 6) is -0.523. The molecule has 0 saturated heterocycles. The van der Waals surface area contributed by atoms with Gasteiger partial charge >= 0.3 is 0 Å². The summed E-state index contributed by atoms with van der Waals surface area (Å²) in [6, 6.07) is 29.3. The summed E-state index contributed by atoms with van der Waals surface area (Å²) in [6.07, 6.45) is -0.986. The molecule has 1 unspecified atom stereocenters. The van der Waals surface area contributed by atoms with Crippen LogP contribution in [-0.2, 0) is 32.7 Å². The fourth-order valence-electron chi connectivity index (χ4n) is 4.52. The quantitative estimate of drug-likeness (QED) is 0.258. The van der Waals surface area contributed by atoms with Crippen LogP contribution in [0.2, 0.25) is 5.02 Å². The smallest absolute Gasteiger partial charge is 0.263 e. The van der Waals surface area contributed by atoms with Gasteiger partial charge in [-0.05, 0) is 59.7 Å². The van der Waals surface area contributed by atoms with Crippen LogP contribution in [0, 0.1) is 0 Å². The van der Waals surface area contributed by atoms with Crippen LogP contribution in [0.4, 0.5) is 5.69 Å². The first-order chi connectivity index (χ1) is 20.2. The van der Waals surface area contributed by atoms with E-state index in [0.29, 0.717) is 28.6 Å². The van der Waals surface area contributed by atoms with Gasteiger partial charge < -0.3 is 15.0 Å². The zero-order valence-corrected chi connectivity index (χ0v) is 25.5. The fourth-order valence-corrected chi connectivity index (χ4v) is 6.29. The molecule has 4 aromatic carbocycles. The van der Waals surface area contributed by atoms with E-state index in [0.717, 1.165) is 14.3 Å². The number of benzene rings is 4. The molecule has 11 heteroatoms. The van der Waals surface area contributed by atoms with Gasteiger partial charge in [-0.2, -0.15) is 4.31 Å². The number of anilines is 1. The Balaban J connectivity index is 1.40. The summed E-state index contributed by atoms with van der Waals surface area (Å²) < 4.78 is 35.4. The molecule has 1 heterocycles. The SMILES string of the molecule is O=C(NCc1ccccc1)C1CN(C(=O)CN(Cc2ccc(Cl)cc2)S(=O)(=O)c2ccc(Br)cc2)c2ccccc2O1. The summed E-state index contributed by atoms with van der Waals surface area (Å²) in [5.41, 5.74) is 2.04. The minimum absolute atomic E-state index is 0.0491. The van der Waals surface area contributed by atoms with Crippen molar-refractivity contribution in [2.24, 2.45) is 0 Å². The average molecular weight is 669 g/mol. The number of rotatable bonds is 9. The molecule has 4 aromatic rings. The van der Waals surface area contributed by atoms with Gasteiger partial charge in [0.1, 0.15) is 5.75 Å². The monoisotopic (exact) mass is 667 g/mol. The summed E-state index contributed by atoms with van der Waals surface area (Å²) in [4.78, 5) is 28.5. The zero-order valence-electron chi connectivity index (χ0n) is 22.3. The van der Waals surface area contributed by atoms with E-state index in [1.165, 1.54) is 17.0 Å². The lowest BCUT2D eigenvalue weighted by Crippen LogP contribution is -2.52. The first kappa shape index (κ1) is 29.8. The Labute approximate surface area is 258 Å². The highest BCUT2D eigenvalue weighted by molar-refractivity contribution is 9.10. The molecule has 0 radical (unpaired) electrons. The second-order valence-electron chi connectivity index (χ2n) is 9.64. The second kappa shape index (κ2) is 13.1. The number of nitrogens with zero attached hydrogens (tertiary/aromatic N) is 2. The van der Waals surface area contributed by atoms with E-state index in [2.05, 4.69) is 21.2 Å². The number of hydrogen-bond donors (Lipinski definition) is 1. The normalized spacial score (nSPS) is 14.6. The molecule has 216 valence electrons. The number of fused-ring (bicyclic) bond motifs is 1. The predicted molar refractivity (Wildman–Crippen MR) is 165 cm³/mol. The number of ether oxygens (including phenoxy) is 1. The van der Waals surface area contributed by atoms with Gasteiger partial charge in [-0.15, -0.1) is 0 Å². The van der Waals surface area contributed by atoms with Crippen LogP contribution >= 0.6 is 27.5 Å². The van der Waals surface area contributed by atoms with E-state index in [-0.39, 0.29) is 23.9 Å². The van der Waals surface area contributed by atoms with Gasteiger partial charge in [-0.25, -0.2) is 8.42 Å². The highest BCUT2D eigenvalue weighted by Gasteiger charge is 2.36. The lowest BCUT2D eigenvalue weighted by atomic mass is 10.1. The van der Waals surface area contributed by atoms with Gasteiger partial charge in [0.15, 0.2) is 6.10 Å². The molecule has 2 amide bonds. The van der Waals surface area contributed by atoms with Crippen molar-refractivity contribution in [3.05, 3.63) is 124 Å². The minimum Gasteiger partial charge on any atom is -0.477 e. The number of halogens is 2. The third kappa shape index (κ3) is 7.01. The van der Waals surface area contributed by atoms with Crippen molar-refractivity contribution >= 4 is 55.1 Å². The number of amides is 2. The largest absolute Gasteiger partial charge is 0.477 e. The Hall–Kier alpha value is -3.70. The molecule has 1 N–H and O–H groups in total. The van der Waals surface area contributed by atoms with E-state index < -0.39 is 28.6 Å². The van der Waals surface area contributed by atoms with Crippen LogP contribution in [0.1, 0.15) is 11.1 Å². The van der Waals surface area contributed by atoms with Gasteiger partial charge in [-0.1, -0.05) is 82.1 Å². The highest BCUT2D eigenvalue weighted by Crippen LogP contribution is 2.34. The Bertz CT molecular complexity index is 1670. The maximum Gasteiger partial charge on any atom is 0.263 e. The van der Waals surface area contributed by atoms with Crippen molar-refractivity contribution in [1.29, 1.82) is 0 Å². The van der Waals surface area contributed by atoms with E-state index in [1.54, 1.807) is 60.7 Å². The lowest BCUT2D eigenvalue weighted by molar-refractivity contribution is -0.128. The van der Waals surface area contributed by atoms with Crippen LogP contribution in [0.15, 0.2) is 112 Å². The first-order valence-electron chi connectivity index (χ1n) is 13.1. The molecular formula is C31H27BrClN3O5S. The summed E-state index contributed by atoms with van der Waals surface area (Å²) in [5, 5.41) is 3.38. The molecule has 0 bridgehead atoms. The topological polar surface area (TPSA) is 96.0 Å². The Morgan fingerprint density at radius 1 is 0.905 bits per heavy atom. The van der Waals surface area contributed by atoms with Crippen molar-refractivity contribution in [3.63, 3.8) is 0 Å². The molecule has 0 fully saturated rings. The van der Waals surface area contributed by atoms with E-state index in [1.807, 2.05) is 30.3 Å². The molecule has 1 atom stereocenters. The van der Waals surface area contributed by atoms with Crippen LogP contribution in [0.5, 0.6) is 5.75 Å². The van der Waals surface area contributed by atoms with Gasteiger partial charge in [0.2, 0.25) is 15.9 Å². The zero-order chi connectivity index (χ0) is 29.7. The van der Waals surface area contributed by atoms with Crippen molar-refractivity contribution in [2.45, 2.75) is 24.1 Å². The summed E-state index contributed by atoms with van der Waals surface area (Å²) in [6.45, 7) is -0.305. The number of para-hydroxylation sites is 2. The molecule has 1 aliphatic rings. The summed E-state index contributed by atoms with van der Waals surface area (Å²) >= 11 is 9.37. The van der Waals surface area contributed by atoms with Crippen LogP contribution in [0.25, 0.3) is 0 Å². The Morgan fingerprint density at radius 3 is 2.29 bits per heavy atom. The minimum atomic E-state index is -4.08. The Kier molecular flexibility index (Phi) is 9.27. The van der Waals surface area contributed by atoms with Crippen molar-refractivity contribution < 1.29 is 22.7 Å². The molecule has 0 saturated carbocycles. The average Bonchev–Trinajstić information content (AvgIpc) is 3.00. The number of nitrogens with one attached hydrogen (secondary N) is 1. The third-order valence-corrected chi connectivity index (χ3v) is 9.30. The van der Waals surface area contributed by atoms with E-state index in [9.17, 15) is 18.0 Å². The molecule has 0 aromatic heterocycles. The van der Waals surface area contributed by atoms with Gasteiger partial charge in [-0.3, -0.25) is 9.59 Å². The number of carbonyl (C=O) groups excluding carboxylic acids is 2. The van der Waals surface area contributed by atoms with Gasteiger partial charge in [0.05, 0.1) is 23.7 Å². The molecule has 8 nitrogen and oxygen atoms in total. The second-order valence-corrected chi connectivity index (χ2v) is 12.9. The lowest BCUT2D eigenvalue weighted by Gasteiger charge is -2.35. The van der Waals surface area contributed by atoms with E-state index in [4.69, 9.17) is 16.3 Å². The standard InChI is InChI=1S/C31H27BrClN3O5S/c32-24-12-16-26(17-13-24)42(39,40)35(19-23-10-14-25(33)15-11-23)21-30(37)36-20-29(41-28-9-5-4-8-27(28)36)31(38)34-18-22-6-2-1-3-7-22/h1-17,29H,18-21H2,(H,34,38). The Morgan fingerprint density at radius 2 is 1.57 bits per heavy atom. The molecule has 0 spiro atoms. The molecule has 5 rings (SSSR count). The fraction of sp³-hybridized carbons (Fsp3) is 0.161. The van der Waals surface area contributed by atoms with Crippen molar-refractivity contribution in [1.82, 2.24) is 9.62 Å². The van der Waals surface area contributed by atoms with Crippen LogP contribution < -0.4 is 15.0 Å². The number of hydrogen-bond acceptors (Lipinski definition) is 5.